The van der Waals surface area contributed by atoms with E-state index in [1.54, 1.807) is 0 Å². The van der Waals surface area contributed by atoms with E-state index < -0.39 is 40.1 Å². The van der Waals surface area contributed by atoms with Gasteiger partial charge < -0.3 is 14.2 Å². The van der Waals surface area contributed by atoms with Crippen molar-refractivity contribution in [1.82, 2.24) is 0 Å². The predicted octanol–water partition coefficient (Wildman–Crippen LogP) is 4.42. The first kappa shape index (κ1) is 24.5. The van der Waals surface area contributed by atoms with Crippen LogP contribution in [0, 0.1) is 20.2 Å². The topological polar surface area (TPSA) is 148 Å². The van der Waals surface area contributed by atoms with E-state index in [1.165, 1.54) is 48.5 Å². The Kier molecular flexibility index (Phi) is 7.31. The van der Waals surface area contributed by atoms with E-state index in [1.807, 2.05) is 30.3 Å². The van der Waals surface area contributed by atoms with E-state index in [4.69, 9.17) is 14.2 Å². The number of nitro benzene ring substituents is 2. The molecule has 0 amide bonds. The van der Waals surface area contributed by atoms with E-state index in [9.17, 15) is 29.8 Å². The van der Waals surface area contributed by atoms with Crippen molar-refractivity contribution >= 4 is 23.3 Å². The summed E-state index contributed by atoms with van der Waals surface area (Å²) < 4.78 is 17.1. The summed E-state index contributed by atoms with van der Waals surface area (Å²) in [4.78, 5) is 45.6. The highest BCUT2D eigenvalue weighted by Gasteiger charge is 2.39. The summed E-state index contributed by atoms with van der Waals surface area (Å²) >= 11 is 0. The summed E-state index contributed by atoms with van der Waals surface area (Å²) in [6, 6.07) is 19.2. The van der Waals surface area contributed by atoms with Gasteiger partial charge in [0, 0.05) is 30.7 Å². The molecule has 1 aliphatic heterocycles. The molecular formula is C25H20N2O9. The van der Waals surface area contributed by atoms with E-state index in [-0.39, 0.29) is 35.5 Å². The molecular weight excluding hydrogens is 472 g/mol. The molecule has 11 heteroatoms. The highest BCUT2D eigenvalue weighted by molar-refractivity contribution is 5.90. The van der Waals surface area contributed by atoms with Gasteiger partial charge in [0.2, 0.25) is 0 Å². The van der Waals surface area contributed by atoms with Crippen LogP contribution in [-0.2, 0) is 14.2 Å². The maximum atomic E-state index is 12.7. The lowest BCUT2D eigenvalue weighted by Gasteiger charge is -2.19. The van der Waals surface area contributed by atoms with Gasteiger partial charge in [0.05, 0.1) is 27.1 Å². The van der Waals surface area contributed by atoms with Gasteiger partial charge in [-0.15, -0.1) is 0 Å². The zero-order chi connectivity index (χ0) is 25.7. The molecule has 0 radical (unpaired) electrons. The predicted molar refractivity (Wildman–Crippen MR) is 124 cm³/mol. The Balaban J connectivity index is 1.42. The normalized spacial score (nSPS) is 18.8. The first-order valence-corrected chi connectivity index (χ1v) is 10.9. The molecule has 4 rings (SSSR count). The zero-order valence-electron chi connectivity index (χ0n) is 18.7. The molecule has 3 atom stereocenters. The molecule has 0 bridgehead atoms. The third-order valence-electron chi connectivity index (χ3n) is 5.59. The molecule has 0 aromatic heterocycles. The van der Waals surface area contributed by atoms with Crippen molar-refractivity contribution in [2.75, 3.05) is 6.61 Å². The summed E-state index contributed by atoms with van der Waals surface area (Å²) in [5, 5.41) is 21.6. The van der Waals surface area contributed by atoms with Crippen LogP contribution in [0.5, 0.6) is 0 Å². The van der Waals surface area contributed by atoms with Crippen molar-refractivity contribution in [3.63, 3.8) is 0 Å². The highest BCUT2D eigenvalue weighted by atomic mass is 16.6. The number of esters is 2. The fourth-order valence-corrected chi connectivity index (χ4v) is 3.78. The number of rotatable bonds is 8. The van der Waals surface area contributed by atoms with Crippen LogP contribution >= 0.6 is 0 Å². The Bertz CT molecular complexity index is 1260. The summed E-state index contributed by atoms with van der Waals surface area (Å²) in [6.07, 6.45) is -1.65. The van der Waals surface area contributed by atoms with E-state index in [0.717, 1.165) is 5.56 Å². The van der Waals surface area contributed by atoms with Crippen molar-refractivity contribution in [2.45, 2.75) is 24.7 Å². The number of nitro groups is 2. The molecule has 0 N–H and O–H groups in total. The van der Waals surface area contributed by atoms with Gasteiger partial charge in [0.1, 0.15) is 18.8 Å². The first-order valence-electron chi connectivity index (χ1n) is 10.9. The van der Waals surface area contributed by atoms with E-state index >= 15 is 0 Å². The van der Waals surface area contributed by atoms with Crippen LogP contribution in [0.3, 0.4) is 0 Å². The van der Waals surface area contributed by atoms with Crippen LogP contribution in [0.1, 0.15) is 38.8 Å². The molecule has 1 saturated heterocycles. The number of carbonyl (C=O) groups excluding carboxylic acids is 2. The minimum atomic E-state index is -0.696. The number of hydrogen-bond donors (Lipinski definition) is 0. The fourth-order valence-electron chi connectivity index (χ4n) is 3.78. The second kappa shape index (κ2) is 10.7. The van der Waals surface area contributed by atoms with Gasteiger partial charge >= 0.3 is 11.9 Å². The van der Waals surface area contributed by atoms with Crippen LogP contribution < -0.4 is 0 Å². The van der Waals surface area contributed by atoms with Crippen LogP contribution in [0.2, 0.25) is 0 Å². The molecule has 0 saturated carbocycles. The molecule has 36 heavy (non-hydrogen) atoms. The van der Waals surface area contributed by atoms with Gasteiger partial charge in [0.15, 0.2) is 0 Å². The summed E-state index contributed by atoms with van der Waals surface area (Å²) in [6.45, 7) is -0.120. The lowest BCUT2D eigenvalue weighted by atomic mass is 10.0. The monoisotopic (exact) mass is 492 g/mol. The SMILES string of the molecule is O=C(OC[C@@H]1C[C@H](OC(=O)c2ccc([N+](=O)[O-])cc2)[C@@H](c2ccccc2)O1)c1ccc([N+](=O)[O-])cc1. The van der Waals surface area contributed by atoms with Gasteiger partial charge in [0.25, 0.3) is 11.4 Å². The molecule has 1 heterocycles. The minimum absolute atomic E-state index is 0.120. The van der Waals surface area contributed by atoms with Crippen LogP contribution in [-0.4, -0.2) is 40.6 Å². The second-order valence-electron chi connectivity index (χ2n) is 7.98. The van der Waals surface area contributed by atoms with Crippen molar-refractivity contribution < 1.29 is 33.6 Å². The van der Waals surface area contributed by atoms with Gasteiger partial charge in [-0.2, -0.15) is 0 Å². The summed E-state index contributed by atoms with van der Waals surface area (Å²) in [5.41, 5.74) is 0.782. The van der Waals surface area contributed by atoms with Crippen LogP contribution in [0.15, 0.2) is 78.9 Å². The van der Waals surface area contributed by atoms with Gasteiger partial charge in [-0.3, -0.25) is 20.2 Å². The Morgan fingerprint density at radius 2 is 1.33 bits per heavy atom. The van der Waals surface area contributed by atoms with Crippen molar-refractivity contribution in [3.8, 4) is 0 Å². The Hall–Kier alpha value is -4.64. The Morgan fingerprint density at radius 1 is 0.806 bits per heavy atom. The molecule has 1 fully saturated rings. The number of ether oxygens (including phenoxy) is 3. The van der Waals surface area contributed by atoms with E-state index in [2.05, 4.69) is 0 Å². The van der Waals surface area contributed by atoms with Gasteiger partial charge in [-0.05, 0) is 29.8 Å². The molecule has 0 spiro atoms. The van der Waals surface area contributed by atoms with Crippen LogP contribution in [0.25, 0.3) is 0 Å². The fraction of sp³-hybridized carbons (Fsp3) is 0.200. The average molecular weight is 492 g/mol. The summed E-state index contributed by atoms with van der Waals surface area (Å²) in [7, 11) is 0. The first-order chi connectivity index (χ1) is 17.3. The number of hydrogen-bond acceptors (Lipinski definition) is 9. The molecule has 184 valence electrons. The van der Waals surface area contributed by atoms with Crippen molar-refractivity contribution in [3.05, 3.63) is 116 Å². The quantitative estimate of drug-likeness (QED) is 0.253. The maximum absolute atomic E-state index is 12.7. The van der Waals surface area contributed by atoms with Gasteiger partial charge in [-0.1, -0.05) is 30.3 Å². The molecule has 0 aliphatic carbocycles. The van der Waals surface area contributed by atoms with E-state index in [0.29, 0.717) is 0 Å². The third-order valence-corrected chi connectivity index (χ3v) is 5.59. The number of benzene rings is 3. The largest absolute Gasteiger partial charge is 0.459 e. The zero-order valence-corrected chi connectivity index (χ0v) is 18.7. The highest BCUT2D eigenvalue weighted by Crippen LogP contribution is 2.36. The number of carbonyl (C=O) groups is 2. The Labute approximate surface area is 204 Å². The molecule has 3 aromatic carbocycles. The number of non-ortho nitro benzene ring substituents is 2. The van der Waals surface area contributed by atoms with Crippen molar-refractivity contribution in [1.29, 1.82) is 0 Å². The molecule has 0 unspecified atom stereocenters. The van der Waals surface area contributed by atoms with Crippen LogP contribution in [0.4, 0.5) is 11.4 Å². The Morgan fingerprint density at radius 3 is 1.86 bits per heavy atom. The smallest absolute Gasteiger partial charge is 0.338 e. The minimum Gasteiger partial charge on any atom is -0.459 e. The lowest BCUT2D eigenvalue weighted by molar-refractivity contribution is -0.385. The average Bonchev–Trinajstić information content (AvgIpc) is 3.30. The molecule has 3 aromatic rings. The maximum Gasteiger partial charge on any atom is 0.338 e. The van der Waals surface area contributed by atoms with Gasteiger partial charge in [-0.25, -0.2) is 9.59 Å². The second-order valence-corrected chi connectivity index (χ2v) is 7.98. The molecule has 11 nitrogen and oxygen atoms in total. The third kappa shape index (κ3) is 5.70. The number of nitrogens with zero attached hydrogens (tertiary/aromatic N) is 2. The van der Waals surface area contributed by atoms with Crippen molar-refractivity contribution in [2.24, 2.45) is 0 Å². The molecule has 1 aliphatic rings. The standard InChI is InChI=1S/C25H20N2O9/c28-24(17-6-10-19(11-7-17)26(30)31)34-15-21-14-22(23(35-21)16-4-2-1-3-5-16)36-25(29)18-8-12-20(13-9-18)27(32)33/h1-13,21-23H,14-15H2/t21-,22-,23+/m0/s1. The lowest BCUT2D eigenvalue weighted by Crippen LogP contribution is -2.22. The summed E-state index contributed by atoms with van der Waals surface area (Å²) in [5.74, 6) is -1.33.